The largest absolute Gasteiger partial charge is 0.455 e. The predicted molar refractivity (Wildman–Crippen MR) is 185 cm³/mol. The molecule has 3 aromatic carbocycles. The van der Waals surface area contributed by atoms with Crippen LogP contribution in [0, 0.1) is 11.6 Å². The molecular weight excluding hydrogens is 670 g/mol. The summed E-state index contributed by atoms with van der Waals surface area (Å²) in [5.74, 6) is -2.00. The van der Waals surface area contributed by atoms with Crippen molar-refractivity contribution < 1.29 is 40.7 Å². The fourth-order valence-electron chi connectivity index (χ4n) is 6.08. The van der Waals surface area contributed by atoms with Crippen molar-refractivity contribution in [1.82, 2.24) is 16.0 Å². The van der Waals surface area contributed by atoms with Crippen LogP contribution in [-0.4, -0.2) is 58.2 Å². The van der Waals surface area contributed by atoms with Gasteiger partial charge in [0.1, 0.15) is 34.6 Å². The molecule has 1 fully saturated rings. The van der Waals surface area contributed by atoms with Crippen molar-refractivity contribution in [3.63, 3.8) is 0 Å². The first-order valence-corrected chi connectivity index (χ1v) is 17.9. The van der Waals surface area contributed by atoms with Gasteiger partial charge in [-0.2, -0.15) is 0 Å². The van der Waals surface area contributed by atoms with E-state index in [0.29, 0.717) is 35.8 Å². The zero-order chi connectivity index (χ0) is 36.5. The van der Waals surface area contributed by atoms with E-state index in [1.165, 1.54) is 62.6 Å². The minimum absolute atomic E-state index is 0.0341. The molecule has 0 radical (unpaired) electrons. The maximum atomic E-state index is 15.1. The lowest BCUT2D eigenvalue weighted by Crippen LogP contribution is -2.49. The van der Waals surface area contributed by atoms with Gasteiger partial charge in [-0.25, -0.2) is 22.0 Å². The normalized spacial score (nSPS) is 17.2. The number of furan rings is 1. The van der Waals surface area contributed by atoms with Gasteiger partial charge in [0.25, 0.3) is 5.91 Å². The summed E-state index contributed by atoms with van der Waals surface area (Å²) in [6.45, 7) is 5.00. The Hall–Kier alpha value is -4.82. The molecule has 1 aliphatic rings. The smallest absolute Gasteiger partial charge is 0.408 e. The fraction of sp³-hybridized carbons (Fsp3) is 0.361. The number of Topliss-reactive ketones (excluding diaryl/α,β-unsaturated/α-hetero) is 1. The van der Waals surface area contributed by atoms with Gasteiger partial charge in [0, 0.05) is 42.7 Å². The topological polar surface area (TPSA) is 147 Å². The van der Waals surface area contributed by atoms with Crippen molar-refractivity contribution in [2.24, 2.45) is 0 Å². The van der Waals surface area contributed by atoms with Gasteiger partial charge in [-0.3, -0.25) is 13.9 Å². The molecule has 50 heavy (non-hydrogen) atoms. The molecular formula is C36H40F2N4O7S. The lowest BCUT2D eigenvalue weighted by molar-refractivity contribution is -0.124. The summed E-state index contributed by atoms with van der Waals surface area (Å²) in [6, 6.07) is 11.3. The molecule has 2 heterocycles. The third kappa shape index (κ3) is 7.81. The quantitative estimate of drug-likeness (QED) is 0.188. The number of ether oxygens (including phenoxy) is 1. The Morgan fingerprint density at radius 2 is 1.72 bits per heavy atom. The Morgan fingerprint density at radius 1 is 1.04 bits per heavy atom. The molecule has 1 aliphatic heterocycles. The second kappa shape index (κ2) is 14.2. The number of nitrogens with zero attached hydrogens (tertiary/aromatic N) is 1. The van der Waals surface area contributed by atoms with Gasteiger partial charge in [0.2, 0.25) is 10.0 Å². The Labute approximate surface area is 289 Å². The zero-order valence-electron chi connectivity index (χ0n) is 28.6. The van der Waals surface area contributed by atoms with Gasteiger partial charge < -0.3 is 25.1 Å². The van der Waals surface area contributed by atoms with E-state index in [1.54, 1.807) is 32.9 Å². The second-order valence-electron chi connectivity index (χ2n) is 13.2. The number of halogens is 2. The summed E-state index contributed by atoms with van der Waals surface area (Å²) in [5.41, 5.74) is 0.592. The van der Waals surface area contributed by atoms with Crippen molar-refractivity contribution in [3.8, 4) is 11.3 Å². The molecule has 0 bridgehead atoms. The number of nitrogens with one attached hydrogen (secondary N) is 3. The van der Waals surface area contributed by atoms with Crippen LogP contribution in [-0.2, 0) is 19.6 Å². The van der Waals surface area contributed by atoms with Crippen LogP contribution in [0.5, 0.6) is 0 Å². The van der Waals surface area contributed by atoms with Gasteiger partial charge in [-0.05, 0) is 82.0 Å². The van der Waals surface area contributed by atoms with E-state index in [2.05, 4.69) is 16.0 Å². The standard InChI is InChI=1S/C36H40F2N4O7S/c1-36(2,3)49-35(45)41-31(22-10-7-8-11-25(22)38)32(43)27-13-9-12-26(40-27)23-18-24-29(19-28(23)42(5)50(6,46)47)48-33(30(24)34(44)39-4)20-14-16-21(37)17-15-20/h7-8,10-11,14-19,26-27,31,40H,9,12-13H2,1-6H3,(H,39,44)(H,41,45)/t26-,27?,31+/m0/s1. The maximum absolute atomic E-state index is 15.1. The number of carbonyl (C=O) groups excluding carboxylic acids is 3. The van der Waals surface area contributed by atoms with E-state index in [1.807, 2.05) is 0 Å². The highest BCUT2D eigenvalue weighted by atomic mass is 32.2. The molecule has 1 saturated heterocycles. The molecule has 14 heteroatoms. The van der Waals surface area contributed by atoms with Gasteiger partial charge in [-0.15, -0.1) is 0 Å². The van der Waals surface area contributed by atoms with E-state index in [-0.39, 0.29) is 28.2 Å². The van der Waals surface area contributed by atoms with E-state index in [9.17, 15) is 27.2 Å². The number of amides is 2. The zero-order valence-corrected chi connectivity index (χ0v) is 29.4. The highest BCUT2D eigenvalue weighted by molar-refractivity contribution is 7.92. The van der Waals surface area contributed by atoms with Crippen molar-refractivity contribution in [2.45, 2.75) is 63.8 Å². The third-order valence-electron chi connectivity index (χ3n) is 8.50. The third-order valence-corrected chi connectivity index (χ3v) is 9.69. The summed E-state index contributed by atoms with van der Waals surface area (Å²) in [6.07, 6.45) is 1.48. The number of anilines is 1. The minimum Gasteiger partial charge on any atom is -0.455 e. The Morgan fingerprint density at radius 3 is 2.34 bits per heavy atom. The molecule has 11 nitrogen and oxygen atoms in total. The first-order valence-electron chi connectivity index (χ1n) is 16.0. The highest BCUT2D eigenvalue weighted by Gasteiger charge is 2.37. The molecule has 3 atom stereocenters. The van der Waals surface area contributed by atoms with Gasteiger partial charge in [-0.1, -0.05) is 18.2 Å². The Kier molecular flexibility index (Phi) is 10.4. The van der Waals surface area contributed by atoms with Crippen LogP contribution in [0.3, 0.4) is 0 Å². The van der Waals surface area contributed by atoms with E-state index in [0.717, 1.165) is 10.6 Å². The number of sulfonamides is 1. The van der Waals surface area contributed by atoms with Crippen LogP contribution < -0.4 is 20.3 Å². The van der Waals surface area contributed by atoms with E-state index >= 15 is 4.39 Å². The second-order valence-corrected chi connectivity index (χ2v) is 15.2. The number of piperidine rings is 1. The molecule has 3 N–H and O–H groups in total. The summed E-state index contributed by atoms with van der Waals surface area (Å²) in [5, 5.41) is 8.85. The Bertz CT molecular complexity index is 2040. The van der Waals surface area contributed by atoms with Crippen molar-refractivity contribution >= 4 is 44.5 Å². The lowest BCUT2D eigenvalue weighted by Gasteiger charge is -2.34. The molecule has 2 amide bonds. The van der Waals surface area contributed by atoms with Crippen LogP contribution in [0.1, 0.15) is 73.6 Å². The summed E-state index contributed by atoms with van der Waals surface area (Å²) < 4.78 is 67.2. The van der Waals surface area contributed by atoms with Crippen LogP contribution in [0.25, 0.3) is 22.3 Å². The molecule has 266 valence electrons. The number of hydrogen-bond acceptors (Lipinski definition) is 8. The molecule has 0 saturated carbocycles. The fourth-order valence-corrected chi connectivity index (χ4v) is 6.59. The van der Waals surface area contributed by atoms with Crippen LogP contribution in [0.2, 0.25) is 0 Å². The lowest BCUT2D eigenvalue weighted by atomic mass is 9.87. The Balaban J connectivity index is 1.60. The number of hydrogen-bond donors (Lipinski definition) is 3. The molecule has 5 rings (SSSR count). The summed E-state index contributed by atoms with van der Waals surface area (Å²) in [4.78, 5) is 40.3. The summed E-state index contributed by atoms with van der Waals surface area (Å²) >= 11 is 0. The predicted octanol–water partition coefficient (Wildman–Crippen LogP) is 6.15. The van der Waals surface area contributed by atoms with Gasteiger partial charge in [0.15, 0.2) is 5.78 Å². The number of alkyl carbamates (subject to hydrolysis) is 1. The average Bonchev–Trinajstić information content (AvgIpc) is 3.43. The van der Waals surface area contributed by atoms with Crippen molar-refractivity contribution in [1.29, 1.82) is 0 Å². The first kappa shape index (κ1) is 36.5. The van der Waals surface area contributed by atoms with Gasteiger partial charge >= 0.3 is 6.09 Å². The SMILES string of the molecule is CNC(=O)c1c(-c2ccc(F)cc2)oc2cc(N(C)S(C)(=O)=O)c([C@@H]3CCCC(C(=O)[C@H](NC(=O)OC(C)(C)C)c4ccccc4F)N3)cc12. The number of fused-ring (bicyclic) bond motifs is 1. The van der Waals surface area contributed by atoms with E-state index < -0.39 is 63.2 Å². The van der Waals surface area contributed by atoms with Crippen LogP contribution >= 0.6 is 0 Å². The van der Waals surface area contributed by atoms with Crippen LogP contribution in [0.15, 0.2) is 65.1 Å². The number of rotatable bonds is 9. The van der Waals surface area contributed by atoms with Crippen LogP contribution in [0.4, 0.5) is 19.3 Å². The number of ketones is 1. The average molecular weight is 711 g/mol. The monoisotopic (exact) mass is 710 g/mol. The highest BCUT2D eigenvalue weighted by Crippen LogP contribution is 2.41. The molecule has 4 aromatic rings. The van der Waals surface area contributed by atoms with Crippen molar-refractivity contribution in [3.05, 3.63) is 89.0 Å². The molecule has 0 aliphatic carbocycles. The summed E-state index contributed by atoms with van der Waals surface area (Å²) in [7, 11) is -0.967. The molecule has 1 aromatic heterocycles. The molecule has 1 unspecified atom stereocenters. The number of carbonyl (C=O) groups is 3. The van der Waals surface area contributed by atoms with E-state index in [4.69, 9.17) is 9.15 Å². The maximum Gasteiger partial charge on any atom is 0.408 e. The minimum atomic E-state index is -3.81. The number of benzene rings is 3. The molecule has 0 spiro atoms. The first-order chi connectivity index (χ1) is 23.5. The van der Waals surface area contributed by atoms with Gasteiger partial charge in [0.05, 0.1) is 23.5 Å². The van der Waals surface area contributed by atoms with Crippen molar-refractivity contribution in [2.75, 3.05) is 24.7 Å².